The first-order valence-electron chi connectivity index (χ1n) is 10.6. The normalized spacial score (nSPS) is 15.3. The van der Waals surface area contributed by atoms with Crippen LogP contribution in [0.25, 0.3) is 0 Å². The first-order chi connectivity index (χ1) is 14.6. The molecule has 31 heavy (non-hydrogen) atoms. The van der Waals surface area contributed by atoms with Crippen LogP contribution in [0.4, 0.5) is 0 Å². The van der Waals surface area contributed by atoms with Crippen LogP contribution in [-0.2, 0) is 11.3 Å². The summed E-state index contributed by atoms with van der Waals surface area (Å²) in [6.45, 7) is 9.07. The van der Waals surface area contributed by atoms with Crippen molar-refractivity contribution in [1.29, 1.82) is 0 Å². The highest BCUT2D eigenvalue weighted by molar-refractivity contribution is 5.85. The van der Waals surface area contributed by atoms with Gasteiger partial charge in [-0.15, -0.1) is 12.4 Å². The highest BCUT2D eigenvalue weighted by Crippen LogP contribution is 2.29. The van der Waals surface area contributed by atoms with E-state index in [0.29, 0.717) is 0 Å². The first-order valence-corrected chi connectivity index (χ1v) is 10.6. The Hall–Kier alpha value is -1.99. The molecule has 3 rings (SSSR count). The van der Waals surface area contributed by atoms with Crippen LogP contribution < -0.4 is 19.5 Å². The molecule has 1 saturated heterocycles. The predicted octanol–water partition coefficient (Wildman–Crippen LogP) is 4.08. The topological polar surface area (TPSA) is 52.2 Å². The van der Waals surface area contributed by atoms with E-state index in [9.17, 15) is 0 Å². The van der Waals surface area contributed by atoms with Crippen LogP contribution in [0.5, 0.6) is 17.2 Å². The Morgan fingerprint density at radius 2 is 1.68 bits per heavy atom. The van der Waals surface area contributed by atoms with Gasteiger partial charge in [0.05, 0.1) is 33.5 Å². The quantitative estimate of drug-likeness (QED) is 0.588. The van der Waals surface area contributed by atoms with Gasteiger partial charge in [-0.1, -0.05) is 18.2 Å². The van der Waals surface area contributed by atoms with Crippen molar-refractivity contribution in [3.8, 4) is 17.2 Å². The lowest BCUT2D eigenvalue weighted by Crippen LogP contribution is -2.42. The lowest BCUT2D eigenvalue weighted by Gasteiger charge is -2.35. The minimum absolute atomic E-state index is 0. The minimum Gasteiger partial charge on any atom is -0.497 e. The summed E-state index contributed by atoms with van der Waals surface area (Å²) in [6.07, 6.45) is 0.113. The Morgan fingerprint density at radius 3 is 2.29 bits per heavy atom. The highest BCUT2D eigenvalue weighted by Gasteiger charge is 2.22. The van der Waals surface area contributed by atoms with Crippen molar-refractivity contribution >= 4 is 12.4 Å². The van der Waals surface area contributed by atoms with Crippen LogP contribution in [0, 0.1) is 0 Å². The van der Waals surface area contributed by atoms with E-state index >= 15 is 0 Å². The van der Waals surface area contributed by atoms with E-state index < -0.39 is 0 Å². The first kappa shape index (κ1) is 25.3. The van der Waals surface area contributed by atoms with Crippen LogP contribution >= 0.6 is 12.4 Å². The van der Waals surface area contributed by atoms with Crippen LogP contribution in [0.2, 0.25) is 0 Å². The number of rotatable bonds is 10. The molecule has 0 bridgehead atoms. The molecular weight excluding hydrogens is 416 g/mol. The van der Waals surface area contributed by atoms with Gasteiger partial charge in [-0.05, 0) is 49.2 Å². The monoisotopic (exact) mass is 450 g/mol. The van der Waals surface area contributed by atoms with Crippen LogP contribution in [-0.4, -0.2) is 58.1 Å². The second-order valence-electron chi connectivity index (χ2n) is 7.72. The molecule has 1 aliphatic heterocycles. The van der Waals surface area contributed by atoms with Gasteiger partial charge in [0, 0.05) is 32.2 Å². The largest absolute Gasteiger partial charge is 0.497 e. The van der Waals surface area contributed by atoms with Crippen molar-refractivity contribution in [3.05, 3.63) is 53.6 Å². The summed E-state index contributed by atoms with van der Waals surface area (Å²) >= 11 is 0. The van der Waals surface area contributed by atoms with Crippen molar-refractivity contribution < 1.29 is 18.9 Å². The maximum atomic E-state index is 5.82. The fraction of sp³-hybridized carbons (Fsp3) is 0.500. The van der Waals surface area contributed by atoms with E-state index in [2.05, 4.69) is 28.4 Å². The number of hydrogen-bond donors (Lipinski definition) is 1. The molecule has 1 N–H and O–H groups in total. The molecule has 0 spiro atoms. The molecule has 172 valence electrons. The maximum Gasteiger partial charge on any atom is 0.161 e. The molecule has 0 aromatic heterocycles. The van der Waals surface area contributed by atoms with E-state index in [4.69, 9.17) is 18.9 Å². The van der Waals surface area contributed by atoms with Crippen molar-refractivity contribution in [1.82, 2.24) is 10.2 Å². The molecule has 2 aromatic carbocycles. The summed E-state index contributed by atoms with van der Waals surface area (Å²) in [5, 5.41) is 3.63. The minimum atomic E-state index is 0. The number of halogens is 1. The Bertz CT molecular complexity index is 780. The van der Waals surface area contributed by atoms with Gasteiger partial charge in [0.1, 0.15) is 5.75 Å². The Kier molecular flexibility index (Phi) is 10.4. The second kappa shape index (κ2) is 12.8. The molecule has 1 fully saturated rings. The van der Waals surface area contributed by atoms with Crippen molar-refractivity contribution in [2.45, 2.75) is 32.5 Å². The van der Waals surface area contributed by atoms with Gasteiger partial charge in [-0.2, -0.15) is 0 Å². The molecule has 6 nitrogen and oxygen atoms in total. The van der Waals surface area contributed by atoms with E-state index in [1.807, 2.05) is 38.1 Å². The van der Waals surface area contributed by atoms with Crippen molar-refractivity contribution in [2.24, 2.45) is 0 Å². The van der Waals surface area contributed by atoms with Crippen LogP contribution in [0.15, 0.2) is 42.5 Å². The van der Waals surface area contributed by atoms with E-state index in [0.717, 1.165) is 56.6 Å². The van der Waals surface area contributed by atoms with Crippen molar-refractivity contribution in [3.63, 3.8) is 0 Å². The Balaban J connectivity index is 0.00000341. The van der Waals surface area contributed by atoms with E-state index in [-0.39, 0.29) is 24.6 Å². The molecule has 1 unspecified atom stereocenters. The van der Waals surface area contributed by atoms with Gasteiger partial charge in [-0.3, -0.25) is 4.90 Å². The van der Waals surface area contributed by atoms with Crippen LogP contribution in [0.3, 0.4) is 0 Å². The zero-order valence-electron chi connectivity index (χ0n) is 18.9. The van der Waals surface area contributed by atoms with Gasteiger partial charge >= 0.3 is 0 Å². The van der Waals surface area contributed by atoms with Gasteiger partial charge in [0.2, 0.25) is 0 Å². The zero-order valence-corrected chi connectivity index (χ0v) is 19.7. The predicted molar refractivity (Wildman–Crippen MR) is 126 cm³/mol. The lowest BCUT2D eigenvalue weighted by molar-refractivity contribution is 0.0161. The standard InChI is InChI=1S/C24H34N2O4.ClH/c1-18(2)30-23-10-5-19(15-24(23)28-4)16-25-17-22(26-11-13-29-14-12-26)20-6-8-21(27-3)9-7-20;/h5-10,15,18,22,25H,11-14,16-17H2,1-4H3;1H. The van der Waals surface area contributed by atoms with Crippen LogP contribution in [0.1, 0.15) is 31.0 Å². The Morgan fingerprint density at radius 1 is 0.968 bits per heavy atom. The summed E-state index contributed by atoms with van der Waals surface area (Å²) in [5.41, 5.74) is 2.45. The average Bonchev–Trinajstić information content (AvgIpc) is 2.78. The maximum absolute atomic E-state index is 5.82. The summed E-state index contributed by atoms with van der Waals surface area (Å²) < 4.78 is 22.2. The van der Waals surface area contributed by atoms with Crippen molar-refractivity contribution in [2.75, 3.05) is 47.1 Å². The average molecular weight is 451 g/mol. The third kappa shape index (κ3) is 7.28. The molecule has 2 aromatic rings. The molecule has 0 radical (unpaired) electrons. The molecule has 1 aliphatic rings. The number of nitrogens with one attached hydrogen (secondary N) is 1. The Labute approximate surface area is 192 Å². The summed E-state index contributed by atoms with van der Waals surface area (Å²) in [4.78, 5) is 2.48. The number of nitrogens with zero attached hydrogens (tertiary/aromatic N) is 1. The van der Waals surface area contributed by atoms with Gasteiger partial charge < -0.3 is 24.3 Å². The summed E-state index contributed by atoms with van der Waals surface area (Å²) in [7, 11) is 3.37. The lowest BCUT2D eigenvalue weighted by atomic mass is 10.0. The molecule has 0 saturated carbocycles. The molecule has 0 amide bonds. The van der Waals surface area contributed by atoms with Gasteiger partial charge in [0.25, 0.3) is 0 Å². The van der Waals surface area contributed by atoms with E-state index in [1.54, 1.807) is 14.2 Å². The highest BCUT2D eigenvalue weighted by atomic mass is 35.5. The fourth-order valence-electron chi connectivity index (χ4n) is 3.70. The van der Waals surface area contributed by atoms with Gasteiger partial charge in [0.15, 0.2) is 11.5 Å². The third-order valence-corrected chi connectivity index (χ3v) is 5.24. The molecule has 7 heteroatoms. The number of morpholine rings is 1. The van der Waals surface area contributed by atoms with Gasteiger partial charge in [-0.25, -0.2) is 0 Å². The fourth-order valence-corrected chi connectivity index (χ4v) is 3.70. The molecular formula is C24H35ClN2O4. The molecule has 1 atom stereocenters. The SMILES string of the molecule is COc1ccc(C(CNCc2ccc(OC(C)C)c(OC)c2)N2CCOCC2)cc1.Cl. The smallest absolute Gasteiger partial charge is 0.161 e. The second-order valence-corrected chi connectivity index (χ2v) is 7.72. The number of benzene rings is 2. The number of methoxy groups -OCH3 is 2. The van der Waals surface area contributed by atoms with E-state index in [1.165, 1.54) is 11.1 Å². The number of hydrogen-bond acceptors (Lipinski definition) is 6. The number of ether oxygens (including phenoxy) is 4. The summed E-state index contributed by atoms with van der Waals surface area (Å²) in [6, 6.07) is 14.8. The third-order valence-electron chi connectivity index (χ3n) is 5.24. The zero-order chi connectivity index (χ0) is 21.3. The molecule has 0 aliphatic carbocycles. The summed E-state index contributed by atoms with van der Waals surface area (Å²) in [5.74, 6) is 2.42. The molecule has 1 heterocycles.